The van der Waals surface area contributed by atoms with Crippen LogP contribution in [0.4, 0.5) is 0 Å². The average molecular weight is 131 g/mol. The maximum absolute atomic E-state index is 5.22. The summed E-state index contributed by atoms with van der Waals surface area (Å²) in [5.74, 6) is 0. The van der Waals surface area contributed by atoms with Gasteiger partial charge in [0.25, 0.3) is 0 Å². The van der Waals surface area contributed by atoms with Crippen molar-refractivity contribution in [1.29, 1.82) is 0 Å². The van der Waals surface area contributed by atoms with Gasteiger partial charge in [0.2, 0.25) is 5.23 Å². The first-order valence-corrected chi connectivity index (χ1v) is 3.80. The van der Waals surface area contributed by atoms with Gasteiger partial charge in [-0.15, -0.1) is 0 Å². The molecular weight excluding hydrogens is 122 g/mol. The number of hydrogen-bond acceptors (Lipinski definition) is 3. The minimum Gasteiger partial charge on any atom is -0.468 e. The molecule has 0 saturated heterocycles. The van der Waals surface area contributed by atoms with Crippen molar-refractivity contribution >= 4 is 17.0 Å². The summed E-state index contributed by atoms with van der Waals surface area (Å²) in [5.41, 5.74) is 0. The van der Waals surface area contributed by atoms with Crippen molar-refractivity contribution in [3.05, 3.63) is 0 Å². The van der Waals surface area contributed by atoms with Gasteiger partial charge in [-0.1, -0.05) is 11.8 Å². The Bertz CT molecular complexity index is 113. The van der Waals surface area contributed by atoms with E-state index in [9.17, 15) is 0 Å². The van der Waals surface area contributed by atoms with Crippen LogP contribution in [0.5, 0.6) is 0 Å². The highest BCUT2D eigenvalue weighted by molar-refractivity contribution is 8.12. The maximum atomic E-state index is 5.22. The van der Waals surface area contributed by atoms with E-state index in [-0.39, 0.29) is 0 Å². The van der Waals surface area contributed by atoms with E-state index in [1.165, 1.54) is 0 Å². The highest BCUT2D eigenvalue weighted by atomic mass is 32.2. The Morgan fingerprint density at radius 3 is 2.88 bits per heavy atom. The molecule has 0 bridgehead atoms. The van der Waals surface area contributed by atoms with Crippen molar-refractivity contribution < 1.29 is 4.74 Å². The van der Waals surface area contributed by atoms with Gasteiger partial charge in [-0.2, -0.15) is 0 Å². The molecule has 8 heavy (non-hydrogen) atoms. The van der Waals surface area contributed by atoms with Gasteiger partial charge >= 0.3 is 0 Å². The molecule has 0 aromatic rings. The molecule has 0 N–H and O–H groups in total. The molecule has 1 aliphatic rings. The topological polar surface area (TPSA) is 21.6 Å². The summed E-state index contributed by atoms with van der Waals surface area (Å²) in [7, 11) is 0. The first-order valence-electron chi connectivity index (χ1n) is 2.58. The molecule has 0 amide bonds. The zero-order valence-electron chi connectivity index (χ0n) is 5.05. The molecule has 1 unspecified atom stereocenters. The van der Waals surface area contributed by atoms with E-state index >= 15 is 0 Å². The second kappa shape index (κ2) is 2.40. The number of thioether (sulfide) groups is 1. The van der Waals surface area contributed by atoms with Crippen LogP contribution in [0.2, 0.25) is 0 Å². The Morgan fingerprint density at radius 2 is 2.62 bits per heavy atom. The largest absolute Gasteiger partial charge is 0.468 e. The van der Waals surface area contributed by atoms with Crippen molar-refractivity contribution in [3.63, 3.8) is 0 Å². The molecule has 1 rings (SSSR count). The second-order valence-electron chi connectivity index (χ2n) is 1.74. The van der Waals surface area contributed by atoms with Crippen LogP contribution in [0.1, 0.15) is 6.92 Å². The molecule has 3 heteroatoms. The van der Waals surface area contributed by atoms with Gasteiger partial charge in [0.05, 0.1) is 6.54 Å². The normalized spacial score (nSPS) is 27.2. The van der Waals surface area contributed by atoms with Crippen LogP contribution in [0.25, 0.3) is 0 Å². The Morgan fingerprint density at radius 1 is 1.88 bits per heavy atom. The monoisotopic (exact) mass is 131 g/mol. The molecule has 2 nitrogen and oxygen atoms in total. The van der Waals surface area contributed by atoms with E-state index in [0.29, 0.717) is 6.10 Å². The minimum atomic E-state index is 0.303. The lowest BCUT2D eigenvalue weighted by atomic mass is 10.4. The summed E-state index contributed by atoms with van der Waals surface area (Å²) in [4.78, 5) is 4.09. The lowest BCUT2D eigenvalue weighted by molar-refractivity contribution is 0.252. The lowest BCUT2D eigenvalue weighted by Crippen LogP contribution is -2.04. The highest BCUT2D eigenvalue weighted by Gasteiger charge is 2.12. The predicted molar refractivity (Wildman–Crippen MR) is 36.4 cm³/mol. The van der Waals surface area contributed by atoms with Crippen molar-refractivity contribution in [2.75, 3.05) is 12.8 Å². The number of nitrogens with zero attached hydrogens (tertiary/aromatic N) is 1. The van der Waals surface area contributed by atoms with Gasteiger partial charge in [0.15, 0.2) is 0 Å². The highest BCUT2D eigenvalue weighted by Crippen LogP contribution is 2.10. The lowest BCUT2D eigenvalue weighted by Gasteiger charge is -2.00. The molecule has 1 atom stereocenters. The molecule has 0 saturated carbocycles. The molecule has 1 aliphatic heterocycles. The van der Waals surface area contributed by atoms with Crippen molar-refractivity contribution in [3.8, 4) is 0 Å². The molecule has 1 heterocycles. The Labute approximate surface area is 53.3 Å². The second-order valence-corrected chi connectivity index (χ2v) is 2.50. The van der Waals surface area contributed by atoms with Gasteiger partial charge in [-0.05, 0) is 13.2 Å². The van der Waals surface area contributed by atoms with Crippen LogP contribution in [-0.4, -0.2) is 24.1 Å². The molecular formula is C5H9NOS. The van der Waals surface area contributed by atoms with Gasteiger partial charge < -0.3 is 4.74 Å². The van der Waals surface area contributed by atoms with Crippen LogP contribution >= 0.6 is 11.8 Å². The summed E-state index contributed by atoms with van der Waals surface area (Å²) in [6, 6.07) is 0. The van der Waals surface area contributed by atoms with Gasteiger partial charge in [0.1, 0.15) is 6.10 Å². The van der Waals surface area contributed by atoms with Crippen LogP contribution in [0, 0.1) is 0 Å². The fourth-order valence-corrected chi connectivity index (χ4v) is 1.03. The molecule has 0 radical (unpaired) electrons. The molecule has 0 aromatic heterocycles. The fraction of sp³-hybridized carbons (Fsp3) is 0.800. The summed E-state index contributed by atoms with van der Waals surface area (Å²) >= 11 is 1.56. The fourth-order valence-electron chi connectivity index (χ4n) is 0.562. The zero-order valence-corrected chi connectivity index (χ0v) is 5.86. The first-order chi connectivity index (χ1) is 3.83. The van der Waals surface area contributed by atoms with Crippen molar-refractivity contribution in [2.24, 2.45) is 4.99 Å². The summed E-state index contributed by atoms with van der Waals surface area (Å²) in [6.45, 7) is 2.85. The van der Waals surface area contributed by atoms with E-state index in [2.05, 4.69) is 4.99 Å². The predicted octanol–water partition coefficient (Wildman–Crippen LogP) is 1.12. The Balaban J connectivity index is 2.37. The number of aliphatic imine (C=N–C) groups is 1. The van der Waals surface area contributed by atoms with E-state index in [0.717, 1.165) is 11.8 Å². The maximum Gasteiger partial charge on any atom is 0.245 e. The van der Waals surface area contributed by atoms with E-state index in [4.69, 9.17) is 4.74 Å². The van der Waals surface area contributed by atoms with Crippen LogP contribution in [0.15, 0.2) is 4.99 Å². The van der Waals surface area contributed by atoms with Gasteiger partial charge in [-0.3, -0.25) is 0 Å². The Kier molecular flexibility index (Phi) is 1.78. The standard InChI is InChI=1S/C5H9NOS/c1-4-3-6-5(7-4)8-2/h4H,3H2,1-2H3. The van der Waals surface area contributed by atoms with Crippen LogP contribution in [-0.2, 0) is 4.74 Å². The van der Waals surface area contributed by atoms with E-state index < -0.39 is 0 Å². The quantitative estimate of drug-likeness (QED) is 0.491. The van der Waals surface area contributed by atoms with E-state index in [1.807, 2.05) is 13.2 Å². The first kappa shape index (κ1) is 5.95. The minimum absolute atomic E-state index is 0.303. The summed E-state index contributed by atoms with van der Waals surface area (Å²) < 4.78 is 5.22. The molecule has 0 fully saturated rings. The zero-order chi connectivity index (χ0) is 5.98. The molecule has 46 valence electrons. The molecule has 0 aromatic carbocycles. The van der Waals surface area contributed by atoms with Crippen LogP contribution in [0.3, 0.4) is 0 Å². The van der Waals surface area contributed by atoms with Crippen molar-refractivity contribution in [2.45, 2.75) is 13.0 Å². The smallest absolute Gasteiger partial charge is 0.245 e. The number of hydrogen-bond donors (Lipinski definition) is 0. The average Bonchev–Trinajstić information content (AvgIpc) is 2.14. The molecule has 0 aliphatic carbocycles. The summed E-state index contributed by atoms with van der Waals surface area (Å²) in [5, 5.41) is 0.831. The SMILES string of the molecule is CSC1=NCC(C)O1. The third-order valence-corrected chi connectivity index (χ3v) is 1.53. The number of rotatable bonds is 0. The van der Waals surface area contributed by atoms with Gasteiger partial charge in [-0.25, -0.2) is 4.99 Å². The third kappa shape index (κ3) is 1.15. The Hall–Kier alpha value is -0.180. The van der Waals surface area contributed by atoms with Gasteiger partial charge in [0, 0.05) is 0 Å². The number of ether oxygens (including phenoxy) is 1. The van der Waals surface area contributed by atoms with E-state index in [1.54, 1.807) is 11.8 Å². The molecule has 0 spiro atoms. The third-order valence-electron chi connectivity index (χ3n) is 0.954. The summed E-state index contributed by atoms with van der Waals surface area (Å²) in [6.07, 6.45) is 2.27. The van der Waals surface area contributed by atoms with Crippen molar-refractivity contribution in [1.82, 2.24) is 0 Å². The van der Waals surface area contributed by atoms with Crippen LogP contribution < -0.4 is 0 Å².